The largest absolute Gasteiger partial charge is 0.480 e. The van der Waals surface area contributed by atoms with Crippen molar-refractivity contribution in [2.24, 2.45) is 0 Å². The lowest BCUT2D eigenvalue weighted by atomic mass is 9.95. The highest BCUT2D eigenvalue weighted by molar-refractivity contribution is 6.31. The first-order valence-corrected chi connectivity index (χ1v) is 6.29. The summed E-state index contributed by atoms with van der Waals surface area (Å²) in [5.74, 6) is -2.20. The van der Waals surface area contributed by atoms with E-state index in [-0.39, 0.29) is 23.7 Å². The maximum atomic E-state index is 13.6. The molecule has 0 bridgehead atoms. The Morgan fingerprint density at radius 2 is 2.15 bits per heavy atom. The normalized spacial score (nSPS) is 16.6. The molecule has 0 radical (unpaired) electrons. The Labute approximate surface area is 119 Å². The van der Waals surface area contributed by atoms with Crippen LogP contribution >= 0.6 is 11.6 Å². The van der Waals surface area contributed by atoms with Crippen LogP contribution < -0.4 is 0 Å². The zero-order valence-electron chi connectivity index (χ0n) is 10.7. The van der Waals surface area contributed by atoms with Gasteiger partial charge in [0, 0.05) is 5.02 Å². The number of carbonyl (C=O) groups is 2. The van der Waals surface area contributed by atoms with Gasteiger partial charge in [-0.25, -0.2) is 9.18 Å². The van der Waals surface area contributed by atoms with Crippen LogP contribution in [0.1, 0.15) is 17.3 Å². The summed E-state index contributed by atoms with van der Waals surface area (Å²) in [6.07, 6.45) is 0. The van der Waals surface area contributed by atoms with Gasteiger partial charge in [-0.3, -0.25) is 4.79 Å². The lowest BCUT2D eigenvalue weighted by Crippen LogP contribution is -2.63. The number of carboxylic acids is 1. The molecule has 108 valence electrons. The zero-order valence-corrected chi connectivity index (χ0v) is 11.5. The second-order valence-electron chi connectivity index (χ2n) is 4.92. The maximum Gasteiger partial charge on any atom is 0.329 e. The Kier molecular flexibility index (Phi) is 3.96. The fourth-order valence-corrected chi connectivity index (χ4v) is 2.24. The number of benzene rings is 1. The molecule has 0 saturated carbocycles. The molecule has 0 aliphatic carbocycles. The Hall–Kier alpha value is -1.66. The monoisotopic (exact) mass is 301 g/mol. The van der Waals surface area contributed by atoms with Crippen LogP contribution in [0.3, 0.4) is 0 Å². The molecule has 1 N–H and O–H groups in total. The van der Waals surface area contributed by atoms with Gasteiger partial charge < -0.3 is 14.7 Å². The van der Waals surface area contributed by atoms with Gasteiger partial charge in [0.25, 0.3) is 5.91 Å². The lowest BCUT2D eigenvalue weighted by molar-refractivity contribution is -0.159. The van der Waals surface area contributed by atoms with Crippen molar-refractivity contribution in [1.82, 2.24) is 4.90 Å². The molecule has 1 fully saturated rings. The highest BCUT2D eigenvalue weighted by atomic mass is 35.5. The van der Waals surface area contributed by atoms with Gasteiger partial charge in [0.1, 0.15) is 18.0 Å². The van der Waals surface area contributed by atoms with Gasteiger partial charge in [-0.2, -0.15) is 0 Å². The number of hydrogen-bond donors (Lipinski definition) is 1. The third kappa shape index (κ3) is 3.08. The highest BCUT2D eigenvalue weighted by Gasteiger charge is 2.43. The number of carbonyl (C=O) groups excluding carboxylic acids is 1. The molecule has 0 spiro atoms. The average Bonchev–Trinajstić information content (AvgIpc) is 2.35. The number of ether oxygens (including phenoxy) is 1. The van der Waals surface area contributed by atoms with Crippen LogP contribution in [0.25, 0.3) is 0 Å². The van der Waals surface area contributed by atoms with Gasteiger partial charge >= 0.3 is 5.97 Å². The summed E-state index contributed by atoms with van der Waals surface area (Å²) >= 11 is 5.74. The smallest absolute Gasteiger partial charge is 0.329 e. The minimum Gasteiger partial charge on any atom is -0.480 e. The van der Waals surface area contributed by atoms with Crippen LogP contribution in [-0.2, 0) is 9.53 Å². The van der Waals surface area contributed by atoms with Gasteiger partial charge in [0.2, 0.25) is 0 Å². The number of aliphatic carboxylic acids is 1. The predicted octanol–water partition coefficient (Wildman–Crippen LogP) is 1.79. The second-order valence-corrected chi connectivity index (χ2v) is 5.35. The van der Waals surface area contributed by atoms with Crippen molar-refractivity contribution in [2.75, 3.05) is 19.7 Å². The first-order chi connectivity index (χ1) is 9.31. The van der Waals surface area contributed by atoms with E-state index in [9.17, 15) is 14.0 Å². The van der Waals surface area contributed by atoms with Crippen LogP contribution in [0.2, 0.25) is 5.02 Å². The molecule has 1 aromatic carbocycles. The van der Waals surface area contributed by atoms with E-state index in [1.165, 1.54) is 17.0 Å². The molecular weight excluding hydrogens is 289 g/mol. The highest BCUT2D eigenvalue weighted by Crippen LogP contribution is 2.27. The van der Waals surface area contributed by atoms with Crippen LogP contribution in [0.15, 0.2) is 18.2 Å². The van der Waals surface area contributed by atoms with Gasteiger partial charge in [-0.1, -0.05) is 11.6 Å². The van der Waals surface area contributed by atoms with Crippen molar-refractivity contribution in [3.05, 3.63) is 34.6 Å². The first kappa shape index (κ1) is 14.7. The summed E-state index contributed by atoms with van der Waals surface area (Å²) in [5.41, 5.74) is -0.805. The molecule has 1 aliphatic rings. The standard InChI is InChI=1S/C13H13ClFNO4/c1-13(20-5-11(17)18)6-16(7-13)12(19)9-4-8(14)2-3-10(9)15/h2-4H,5-7H2,1H3,(H,17,18). The number of rotatable bonds is 4. The van der Waals surface area contributed by atoms with Gasteiger partial charge in [-0.05, 0) is 25.1 Å². The topological polar surface area (TPSA) is 66.8 Å². The minimum absolute atomic E-state index is 0.0993. The molecule has 1 aromatic rings. The van der Waals surface area contributed by atoms with Crippen LogP contribution in [-0.4, -0.2) is 47.2 Å². The minimum atomic E-state index is -1.07. The van der Waals surface area contributed by atoms with Crippen molar-refractivity contribution in [1.29, 1.82) is 0 Å². The predicted molar refractivity (Wildman–Crippen MR) is 69.3 cm³/mol. The summed E-state index contributed by atoms with van der Waals surface area (Å²) in [7, 11) is 0. The Bertz CT molecular complexity index is 557. The number of nitrogens with zero attached hydrogens (tertiary/aromatic N) is 1. The molecule has 1 saturated heterocycles. The molecule has 1 heterocycles. The van der Waals surface area contributed by atoms with Crippen LogP contribution in [0.4, 0.5) is 4.39 Å². The Balaban J connectivity index is 2.00. The quantitative estimate of drug-likeness (QED) is 0.921. The van der Waals surface area contributed by atoms with E-state index in [4.69, 9.17) is 21.4 Å². The Morgan fingerprint density at radius 1 is 1.50 bits per heavy atom. The average molecular weight is 302 g/mol. The number of hydrogen-bond acceptors (Lipinski definition) is 3. The van der Waals surface area contributed by atoms with E-state index < -0.39 is 29.9 Å². The van der Waals surface area contributed by atoms with Gasteiger partial charge in [0.05, 0.1) is 18.7 Å². The molecule has 1 aliphatic heterocycles. The SMILES string of the molecule is CC1(OCC(=O)O)CN(C(=O)c2cc(Cl)ccc2F)C1. The van der Waals surface area contributed by atoms with Crippen LogP contribution in [0.5, 0.6) is 0 Å². The zero-order chi connectivity index (χ0) is 14.9. The third-order valence-electron chi connectivity index (χ3n) is 3.04. The van der Waals surface area contributed by atoms with E-state index >= 15 is 0 Å². The molecule has 0 unspecified atom stereocenters. The van der Waals surface area contributed by atoms with E-state index in [0.717, 1.165) is 6.07 Å². The molecule has 20 heavy (non-hydrogen) atoms. The van der Waals surface area contributed by atoms with E-state index in [0.29, 0.717) is 0 Å². The summed E-state index contributed by atoms with van der Waals surface area (Å²) in [5, 5.41) is 8.82. The molecule has 0 atom stereocenters. The molecule has 2 rings (SSSR count). The maximum absolute atomic E-state index is 13.6. The first-order valence-electron chi connectivity index (χ1n) is 5.91. The fourth-order valence-electron chi connectivity index (χ4n) is 2.06. The summed E-state index contributed by atoms with van der Waals surface area (Å²) in [6, 6.07) is 3.77. The van der Waals surface area contributed by atoms with Crippen molar-refractivity contribution < 1.29 is 23.8 Å². The Morgan fingerprint density at radius 3 is 2.75 bits per heavy atom. The van der Waals surface area contributed by atoms with Gasteiger partial charge in [0.15, 0.2) is 0 Å². The van der Waals surface area contributed by atoms with E-state index in [1.54, 1.807) is 6.92 Å². The van der Waals surface area contributed by atoms with Crippen molar-refractivity contribution in [3.8, 4) is 0 Å². The molecule has 7 heteroatoms. The van der Waals surface area contributed by atoms with Crippen molar-refractivity contribution >= 4 is 23.5 Å². The van der Waals surface area contributed by atoms with E-state index in [2.05, 4.69) is 0 Å². The lowest BCUT2D eigenvalue weighted by Gasteiger charge is -2.47. The van der Waals surface area contributed by atoms with Crippen molar-refractivity contribution in [3.63, 3.8) is 0 Å². The molecule has 1 amide bonds. The summed E-state index contributed by atoms with van der Waals surface area (Å²) in [4.78, 5) is 23.9. The number of likely N-dealkylation sites (tertiary alicyclic amines) is 1. The number of amides is 1. The number of halogens is 2. The molecular formula is C13H13ClFNO4. The molecule has 0 aromatic heterocycles. The summed E-state index contributed by atoms with van der Waals surface area (Å²) < 4.78 is 18.8. The summed E-state index contributed by atoms with van der Waals surface area (Å²) in [6.45, 7) is 1.70. The number of carboxylic acid groups (broad SMARTS) is 1. The molecule has 5 nitrogen and oxygen atoms in total. The van der Waals surface area contributed by atoms with Gasteiger partial charge in [-0.15, -0.1) is 0 Å². The van der Waals surface area contributed by atoms with Crippen molar-refractivity contribution in [2.45, 2.75) is 12.5 Å². The second kappa shape index (κ2) is 5.38. The third-order valence-corrected chi connectivity index (χ3v) is 3.28. The van der Waals surface area contributed by atoms with E-state index in [1.807, 2.05) is 0 Å². The van der Waals surface area contributed by atoms with Crippen LogP contribution in [0, 0.1) is 5.82 Å². The fraction of sp³-hybridized carbons (Fsp3) is 0.385.